The maximum Gasteiger partial charge on any atom is 0.344 e. The molecule has 1 atom stereocenters. The van der Waals surface area contributed by atoms with Crippen molar-refractivity contribution in [3.05, 3.63) is 12.4 Å². The molecular weight excluding hydrogens is 196 g/mol. The summed E-state index contributed by atoms with van der Waals surface area (Å²) in [5, 5.41) is 12.9. The van der Waals surface area contributed by atoms with E-state index >= 15 is 0 Å². The highest BCUT2D eigenvalue weighted by Gasteiger charge is 2.18. The first-order chi connectivity index (χ1) is 7.17. The highest BCUT2D eigenvalue weighted by Crippen LogP contribution is 2.13. The van der Waals surface area contributed by atoms with E-state index in [1.54, 1.807) is 10.9 Å². The number of nitrogens with zero attached hydrogens (tertiary/aromatic N) is 2. The summed E-state index contributed by atoms with van der Waals surface area (Å²) in [4.78, 5) is 10.8. The molecular formula is C10H16N2O3. The minimum atomic E-state index is -0.930. The predicted octanol–water partition coefficient (Wildman–Crippen LogP) is 1.54. The average molecular weight is 212 g/mol. The summed E-state index contributed by atoms with van der Waals surface area (Å²) in [5.74, 6) is -0.418. The number of ether oxygens (including phenoxy) is 1. The molecule has 0 aromatic carbocycles. The summed E-state index contributed by atoms with van der Waals surface area (Å²) >= 11 is 0. The van der Waals surface area contributed by atoms with Crippen LogP contribution >= 0.6 is 0 Å². The Bertz CT molecular complexity index is 322. The van der Waals surface area contributed by atoms with Crippen LogP contribution in [-0.2, 0) is 11.3 Å². The highest BCUT2D eigenvalue weighted by molar-refractivity contribution is 5.72. The van der Waals surface area contributed by atoms with Gasteiger partial charge in [0.15, 0.2) is 11.9 Å². The third-order valence-electron chi connectivity index (χ3n) is 2.04. The molecule has 84 valence electrons. The van der Waals surface area contributed by atoms with Crippen LogP contribution in [0.25, 0.3) is 0 Å². The largest absolute Gasteiger partial charge is 0.479 e. The van der Waals surface area contributed by atoms with E-state index in [-0.39, 0.29) is 0 Å². The second-order valence-electron chi connectivity index (χ2n) is 3.27. The molecule has 0 spiro atoms. The van der Waals surface area contributed by atoms with E-state index in [1.807, 2.05) is 13.8 Å². The van der Waals surface area contributed by atoms with Gasteiger partial charge in [-0.1, -0.05) is 13.3 Å². The molecule has 0 aliphatic rings. The van der Waals surface area contributed by atoms with Gasteiger partial charge in [-0.2, -0.15) is 5.10 Å². The highest BCUT2D eigenvalue weighted by atomic mass is 16.5. The molecule has 1 heterocycles. The van der Waals surface area contributed by atoms with Crippen LogP contribution in [0.5, 0.6) is 5.75 Å². The van der Waals surface area contributed by atoms with Crippen LogP contribution in [0.4, 0.5) is 0 Å². The van der Waals surface area contributed by atoms with Crippen molar-refractivity contribution >= 4 is 5.97 Å². The molecule has 5 heteroatoms. The lowest BCUT2D eigenvalue weighted by Crippen LogP contribution is -2.26. The van der Waals surface area contributed by atoms with Crippen LogP contribution in [0.2, 0.25) is 0 Å². The van der Waals surface area contributed by atoms with Crippen molar-refractivity contribution in [2.24, 2.45) is 0 Å². The van der Waals surface area contributed by atoms with E-state index in [0.717, 1.165) is 13.0 Å². The number of aryl methyl sites for hydroxylation is 1. The van der Waals surface area contributed by atoms with E-state index in [4.69, 9.17) is 9.84 Å². The number of hydrogen-bond donors (Lipinski definition) is 1. The van der Waals surface area contributed by atoms with Gasteiger partial charge in [-0.05, 0) is 13.3 Å². The predicted molar refractivity (Wildman–Crippen MR) is 54.9 cm³/mol. The molecule has 0 aliphatic heterocycles. The van der Waals surface area contributed by atoms with Crippen LogP contribution in [-0.4, -0.2) is 27.0 Å². The van der Waals surface area contributed by atoms with Crippen molar-refractivity contribution in [1.82, 2.24) is 9.78 Å². The first-order valence-electron chi connectivity index (χ1n) is 5.09. The van der Waals surface area contributed by atoms with Gasteiger partial charge in [-0.3, -0.25) is 4.68 Å². The monoisotopic (exact) mass is 212 g/mol. The molecule has 0 saturated heterocycles. The molecule has 1 unspecified atom stereocenters. The fourth-order valence-electron chi connectivity index (χ4n) is 1.24. The number of carboxylic acid groups (broad SMARTS) is 1. The molecule has 5 nitrogen and oxygen atoms in total. The Morgan fingerprint density at radius 2 is 2.40 bits per heavy atom. The SMILES string of the molecule is CCCC(Oc1cnn(CC)c1)C(=O)O. The summed E-state index contributed by atoms with van der Waals surface area (Å²) in [7, 11) is 0. The first-order valence-corrected chi connectivity index (χ1v) is 5.09. The van der Waals surface area contributed by atoms with Gasteiger partial charge >= 0.3 is 5.97 Å². The fourth-order valence-corrected chi connectivity index (χ4v) is 1.24. The Hall–Kier alpha value is -1.52. The lowest BCUT2D eigenvalue weighted by Gasteiger charge is -2.11. The molecule has 1 rings (SSSR count). The molecule has 0 amide bonds. The topological polar surface area (TPSA) is 64.4 Å². The molecule has 1 aromatic heterocycles. The van der Waals surface area contributed by atoms with Crippen molar-refractivity contribution in [3.63, 3.8) is 0 Å². The average Bonchev–Trinajstić information content (AvgIpc) is 2.65. The standard InChI is InChI=1S/C10H16N2O3/c1-3-5-9(10(13)14)15-8-6-11-12(4-2)7-8/h6-7,9H,3-5H2,1-2H3,(H,13,14). The van der Waals surface area contributed by atoms with E-state index in [0.29, 0.717) is 12.2 Å². The molecule has 0 aliphatic carbocycles. The second kappa shape index (κ2) is 5.38. The summed E-state index contributed by atoms with van der Waals surface area (Å²) in [5.41, 5.74) is 0. The summed E-state index contributed by atoms with van der Waals surface area (Å²) in [6.07, 6.45) is 3.75. The first kappa shape index (κ1) is 11.6. The number of aromatic nitrogens is 2. The molecule has 1 aromatic rings. The Kier molecular flexibility index (Phi) is 4.15. The van der Waals surface area contributed by atoms with Crippen LogP contribution < -0.4 is 4.74 Å². The molecule has 0 saturated carbocycles. The zero-order valence-electron chi connectivity index (χ0n) is 9.01. The van der Waals surface area contributed by atoms with Gasteiger partial charge in [0.1, 0.15) is 0 Å². The van der Waals surface area contributed by atoms with Crippen LogP contribution in [0.15, 0.2) is 12.4 Å². The minimum Gasteiger partial charge on any atom is -0.479 e. The van der Waals surface area contributed by atoms with Crippen LogP contribution in [0.3, 0.4) is 0 Å². The summed E-state index contributed by atoms with van der Waals surface area (Å²) in [6, 6.07) is 0. The maximum absolute atomic E-state index is 10.8. The number of hydrogen-bond acceptors (Lipinski definition) is 3. The van der Waals surface area contributed by atoms with Gasteiger partial charge < -0.3 is 9.84 Å². The van der Waals surface area contributed by atoms with E-state index in [1.165, 1.54) is 6.20 Å². The zero-order valence-corrected chi connectivity index (χ0v) is 9.01. The maximum atomic E-state index is 10.8. The third kappa shape index (κ3) is 3.27. The lowest BCUT2D eigenvalue weighted by molar-refractivity contribution is -0.145. The minimum absolute atomic E-state index is 0.507. The summed E-state index contributed by atoms with van der Waals surface area (Å²) < 4.78 is 7.01. The van der Waals surface area contributed by atoms with Crippen LogP contribution in [0.1, 0.15) is 26.7 Å². The van der Waals surface area contributed by atoms with Gasteiger partial charge in [-0.25, -0.2) is 4.79 Å². The van der Waals surface area contributed by atoms with Crippen molar-refractivity contribution in [2.75, 3.05) is 0 Å². The van der Waals surface area contributed by atoms with Gasteiger partial charge in [0.2, 0.25) is 0 Å². The molecule has 0 radical (unpaired) electrons. The van der Waals surface area contributed by atoms with Crippen molar-refractivity contribution in [3.8, 4) is 5.75 Å². The zero-order chi connectivity index (χ0) is 11.3. The van der Waals surface area contributed by atoms with Crippen LogP contribution in [0, 0.1) is 0 Å². The molecule has 15 heavy (non-hydrogen) atoms. The van der Waals surface area contributed by atoms with E-state index in [9.17, 15) is 4.79 Å². The van der Waals surface area contributed by atoms with Gasteiger partial charge in [0.25, 0.3) is 0 Å². The molecule has 1 N–H and O–H groups in total. The van der Waals surface area contributed by atoms with Gasteiger partial charge in [-0.15, -0.1) is 0 Å². The van der Waals surface area contributed by atoms with Crippen molar-refractivity contribution < 1.29 is 14.6 Å². The number of rotatable bonds is 6. The Labute approximate surface area is 88.7 Å². The quantitative estimate of drug-likeness (QED) is 0.776. The number of carbonyl (C=O) groups is 1. The Balaban J connectivity index is 2.61. The lowest BCUT2D eigenvalue weighted by atomic mass is 10.2. The fraction of sp³-hybridized carbons (Fsp3) is 0.600. The molecule has 0 fully saturated rings. The van der Waals surface area contributed by atoms with Gasteiger partial charge in [0.05, 0.1) is 12.4 Å². The van der Waals surface area contributed by atoms with E-state index < -0.39 is 12.1 Å². The Morgan fingerprint density at radius 3 is 2.87 bits per heavy atom. The molecule has 0 bridgehead atoms. The summed E-state index contributed by atoms with van der Waals surface area (Å²) in [6.45, 7) is 4.63. The second-order valence-corrected chi connectivity index (χ2v) is 3.27. The van der Waals surface area contributed by atoms with Crippen molar-refractivity contribution in [1.29, 1.82) is 0 Å². The van der Waals surface area contributed by atoms with Crippen molar-refractivity contribution in [2.45, 2.75) is 39.3 Å². The van der Waals surface area contributed by atoms with E-state index in [2.05, 4.69) is 5.10 Å². The normalized spacial score (nSPS) is 12.4. The van der Waals surface area contributed by atoms with Gasteiger partial charge in [0, 0.05) is 6.54 Å². The number of aliphatic carboxylic acids is 1. The smallest absolute Gasteiger partial charge is 0.344 e. The third-order valence-corrected chi connectivity index (χ3v) is 2.04. The number of carboxylic acids is 1. The Morgan fingerprint density at radius 1 is 1.67 bits per heavy atom.